The van der Waals surface area contributed by atoms with Crippen LogP contribution in [0.5, 0.6) is 0 Å². The first kappa shape index (κ1) is 20.1. The summed E-state index contributed by atoms with van der Waals surface area (Å²) < 4.78 is 0. The molecule has 26 heavy (non-hydrogen) atoms. The van der Waals surface area contributed by atoms with Gasteiger partial charge in [-0.2, -0.15) is 0 Å². The van der Waals surface area contributed by atoms with Crippen LogP contribution >= 0.6 is 0 Å². The van der Waals surface area contributed by atoms with Gasteiger partial charge in [0.2, 0.25) is 0 Å². The van der Waals surface area contributed by atoms with Gasteiger partial charge in [0.05, 0.1) is 11.4 Å². The average Bonchev–Trinajstić information content (AvgIpc) is 2.68. The fraction of sp³-hybridized carbons (Fsp3) is 0.417. The lowest BCUT2D eigenvalue weighted by atomic mass is 9.96. The van der Waals surface area contributed by atoms with Crippen molar-refractivity contribution in [2.24, 2.45) is 9.98 Å². The van der Waals surface area contributed by atoms with Gasteiger partial charge in [-0.05, 0) is 61.1 Å². The number of nitrogens with zero attached hydrogens (tertiary/aromatic N) is 2. The van der Waals surface area contributed by atoms with Crippen molar-refractivity contribution in [1.29, 1.82) is 0 Å². The molecule has 0 saturated carbocycles. The van der Waals surface area contributed by atoms with Crippen molar-refractivity contribution in [2.45, 2.75) is 65.2 Å². The monoisotopic (exact) mass is 348 g/mol. The Labute approximate surface area is 159 Å². The number of aryl methyl sites for hydroxylation is 2. The van der Waals surface area contributed by atoms with E-state index in [4.69, 9.17) is 0 Å². The molecule has 2 heteroatoms. The highest BCUT2D eigenvalue weighted by Gasteiger charge is 2.04. The molecule has 0 N–H and O–H groups in total. The molecule has 2 nitrogen and oxygen atoms in total. The van der Waals surface area contributed by atoms with Crippen molar-refractivity contribution in [2.75, 3.05) is 0 Å². The summed E-state index contributed by atoms with van der Waals surface area (Å²) in [5.74, 6) is 0. The van der Waals surface area contributed by atoms with Gasteiger partial charge in [-0.1, -0.05) is 63.8 Å². The van der Waals surface area contributed by atoms with Crippen LogP contribution in [0.4, 0.5) is 11.4 Å². The van der Waals surface area contributed by atoms with E-state index in [9.17, 15) is 0 Å². The lowest BCUT2D eigenvalue weighted by Gasteiger charge is -2.10. The van der Waals surface area contributed by atoms with Crippen LogP contribution in [0.1, 0.15) is 63.5 Å². The van der Waals surface area contributed by atoms with Gasteiger partial charge in [0, 0.05) is 12.4 Å². The van der Waals surface area contributed by atoms with Crippen molar-refractivity contribution >= 4 is 23.8 Å². The molecule has 2 aromatic rings. The molecule has 0 aromatic heterocycles. The highest BCUT2D eigenvalue weighted by Crippen LogP contribution is 2.22. The highest BCUT2D eigenvalue weighted by atomic mass is 14.8. The normalized spacial score (nSPS) is 11.6. The minimum absolute atomic E-state index is 0.950. The smallest absolute Gasteiger partial charge is 0.0633 e. The maximum atomic E-state index is 4.57. The molecule has 0 saturated heterocycles. The van der Waals surface area contributed by atoms with E-state index in [0.717, 1.165) is 17.8 Å². The highest BCUT2D eigenvalue weighted by molar-refractivity contribution is 6.17. The van der Waals surface area contributed by atoms with Gasteiger partial charge in [0.25, 0.3) is 0 Å². The van der Waals surface area contributed by atoms with E-state index >= 15 is 0 Å². The third kappa shape index (κ3) is 7.35. The van der Waals surface area contributed by atoms with Gasteiger partial charge in [0.15, 0.2) is 0 Å². The number of hydrogen-bond donors (Lipinski definition) is 0. The molecule has 0 aliphatic rings. The molecule has 0 spiro atoms. The Kier molecular flexibility index (Phi) is 9.42. The fourth-order valence-corrected chi connectivity index (χ4v) is 3.05. The molecule has 0 radical (unpaired) electrons. The average molecular weight is 349 g/mol. The van der Waals surface area contributed by atoms with Crippen molar-refractivity contribution < 1.29 is 0 Å². The minimum Gasteiger partial charge on any atom is -0.255 e. The van der Waals surface area contributed by atoms with Crippen molar-refractivity contribution in [3.8, 4) is 0 Å². The Hall–Kier alpha value is -2.22. The molecule has 0 amide bonds. The van der Waals surface area contributed by atoms with Crippen LogP contribution in [0.15, 0.2) is 58.5 Å². The lowest BCUT2D eigenvalue weighted by Crippen LogP contribution is -1.95. The fourth-order valence-electron chi connectivity index (χ4n) is 3.05. The third-order valence-corrected chi connectivity index (χ3v) is 4.56. The number of unbranched alkanes of at least 4 members (excludes halogenated alkanes) is 4. The first-order valence-electron chi connectivity index (χ1n) is 10.1. The minimum atomic E-state index is 0.950. The van der Waals surface area contributed by atoms with E-state index in [1.165, 1.54) is 56.1 Å². The predicted octanol–water partition coefficient (Wildman–Crippen LogP) is 7.26. The lowest BCUT2D eigenvalue weighted by molar-refractivity contribution is 0.693. The Bertz CT molecular complexity index is 687. The molecule has 138 valence electrons. The van der Waals surface area contributed by atoms with Crippen molar-refractivity contribution in [1.82, 2.24) is 0 Å². The van der Waals surface area contributed by atoms with E-state index in [1.54, 1.807) is 12.4 Å². The van der Waals surface area contributed by atoms with Crippen LogP contribution in [-0.2, 0) is 12.8 Å². The van der Waals surface area contributed by atoms with Gasteiger partial charge < -0.3 is 0 Å². The van der Waals surface area contributed by atoms with Gasteiger partial charge in [-0.3, -0.25) is 9.98 Å². The van der Waals surface area contributed by atoms with Crippen LogP contribution in [0, 0.1) is 0 Å². The quantitative estimate of drug-likeness (QED) is 0.301. The Morgan fingerprint density at radius 3 is 1.92 bits per heavy atom. The van der Waals surface area contributed by atoms with E-state index in [2.05, 4.69) is 42.0 Å². The second-order valence-corrected chi connectivity index (χ2v) is 6.76. The summed E-state index contributed by atoms with van der Waals surface area (Å²) in [6.45, 7) is 4.52. The van der Waals surface area contributed by atoms with E-state index in [-0.39, 0.29) is 0 Å². The summed E-state index contributed by atoms with van der Waals surface area (Å²) in [5.41, 5.74) is 4.95. The summed E-state index contributed by atoms with van der Waals surface area (Å²) in [4.78, 5) is 8.97. The molecular formula is C24H32N2. The van der Waals surface area contributed by atoms with Crippen LogP contribution in [-0.4, -0.2) is 12.4 Å². The summed E-state index contributed by atoms with van der Waals surface area (Å²) in [5, 5.41) is 0. The van der Waals surface area contributed by atoms with Crippen LogP contribution < -0.4 is 0 Å². The number of rotatable bonds is 11. The SMILES string of the molecule is CCCCCc1ccc(N=CC=Nc2ccccc2)cc1CCCCC. The maximum Gasteiger partial charge on any atom is 0.0633 e. The van der Waals surface area contributed by atoms with Crippen LogP contribution in [0.2, 0.25) is 0 Å². The zero-order chi connectivity index (χ0) is 18.5. The number of para-hydroxylation sites is 1. The predicted molar refractivity (Wildman–Crippen MR) is 116 cm³/mol. The molecular weight excluding hydrogens is 316 g/mol. The Morgan fingerprint density at radius 2 is 1.27 bits per heavy atom. The summed E-state index contributed by atoms with van der Waals surface area (Å²) in [6.07, 6.45) is 13.6. The molecule has 0 unspecified atom stereocenters. The zero-order valence-corrected chi connectivity index (χ0v) is 16.3. The van der Waals surface area contributed by atoms with E-state index in [1.807, 2.05) is 30.3 Å². The maximum absolute atomic E-state index is 4.57. The van der Waals surface area contributed by atoms with Crippen molar-refractivity contribution in [3.63, 3.8) is 0 Å². The first-order chi connectivity index (χ1) is 12.8. The van der Waals surface area contributed by atoms with Crippen LogP contribution in [0.3, 0.4) is 0 Å². The Balaban J connectivity index is 2.03. The molecule has 2 rings (SSSR count). The largest absolute Gasteiger partial charge is 0.255 e. The second-order valence-electron chi connectivity index (χ2n) is 6.76. The summed E-state index contributed by atoms with van der Waals surface area (Å²) >= 11 is 0. The topological polar surface area (TPSA) is 24.7 Å². The molecule has 0 bridgehead atoms. The molecule has 0 aliphatic carbocycles. The Morgan fingerprint density at radius 1 is 0.654 bits per heavy atom. The molecule has 0 aliphatic heterocycles. The number of aliphatic imine (C=N–C) groups is 2. The zero-order valence-electron chi connectivity index (χ0n) is 16.3. The molecule has 2 aromatic carbocycles. The summed E-state index contributed by atoms with van der Waals surface area (Å²) in [6, 6.07) is 16.6. The summed E-state index contributed by atoms with van der Waals surface area (Å²) in [7, 11) is 0. The van der Waals surface area contributed by atoms with Crippen LogP contribution in [0.25, 0.3) is 0 Å². The molecule has 0 heterocycles. The first-order valence-corrected chi connectivity index (χ1v) is 10.1. The van der Waals surface area contributed by atoms with E-state index < -0.39 is 0 Å². The molecule has 0 fully saturated rings. The van der Waals surface area contributed by atoms with Gasteiger partial charge in [-0.25, -0.2) is 0 Å². The molecule has 0 atom stereocenters. The number of hydrogen-bond acceptors (Lipinski definition) is 2. The third-order valence-electron chi connectivity index (χ3n) is 4.56. The van der Waals surface area contributed by atoms with Gasteiger partial charge in [0.1, 0.15) is 0 Å². The second kappa shape index (κ2) is 12.2. The standard InChI is InChI=1S/C24H32N2/c1-3-5-8-12-21-16-17-24(20-22(21)13-9-6-4-2)26-19-18-25-23-14-10-7-11-15-23/h7,10-11,14-20H,3-6,8-9,12-13H2,1-2H3. The van der Waals surface area contributed by atoms with E-state index in [0.29, 0.717) is 0 Å². The van der Waals surface area contributed by atoms with Gasteiger partial charge in [-0.15, -0.1) is 0 Å². The number of benzene rings is 2. The van der Waals surface area contributed by atoms with Crippen molar-refractivity contribution in [3.05, 3.63) is 59.7 Å². The van der Waals surface area contributed by atoms with Gasteiger partial charge >= 0.3 is 0 Å².